The molecule has 15 heavy (non-hydrogen) atoms. The molecule has 1 rings (SSSR count). The molecule has 0 bridgehead atoms. The summed E-state index contributed by atoms with van der Waals surface area (Å²) in [5.41, 5.74) is 1.36. The van der Waals surface area contributed by atoms with Gasteiger partial charge in [0.05, 0.1) is 0 Å². The van der Waals surface area contributed by atoms with Gasteiger partial charge < -0.3 is 0 Å². The predicted molar refractivity (Wildman–Crippen MR) is 72.1 cm³/mol. The minimum Gasteiger partial charge on any atom is -0.0921 e. The summed E-state index contributed by atoms with van der Waals surface area (Å²) in [5.74, 6) is 0.607. The van der Waals surface area contributed by atoms with Gasteiger partial charge in [-0.2, -0.15) is 0 Å². The van der Waals surface area contributed by atoms with Crippen LogP contribution >= 0.6 is 27.5 Å². The summed E-state index contributed by atoms with van der Waals surface area (Å²) in [6, 6.07) is 8.22. The molecular weight excluding hydrogens is 272 g/mol. The third-order valence-electron chi connectivity index (χ3n) is 2.66. The maximum atomic E-state index is 5.99. The monoisotopic (exact) mass is 288 g/mol. The van der Waals surface area contributed by atoms with E-state index in [4.69, 9.17) is 11.6 Å². The van der Waals surface area contributed by atoms with E-state index < -0.39 is 0 Å². The Bertz CT molecular complexity index is 286. The SMILES string of the molecule is CCCCCC(CBr)c1cccc(Cl)c1. The maximum Gasteiger partial charge on any atom is 0.0408 e. The molecule has 84 valence electrons. The van der Waals surface area contributed by atoms with Crippen molar-refractivity contribution in [2.45, 2.75) is 38.5 Å². The highest BCUT2D eigenvalue weighted by atomic mass is 79.9. The van der Waals surface area contributed by atoms with Gasteiger partial charge in [0.25, 0.3) is 0 Å². The highest BCUT2D eigenvalue weighted by molar-refractivity contribution is 9.09. The molecule has 0 aliphatic carbocycles. The predicted octanol–water partition coefficient (Wildman–Crippen LogP) is 5.40. The van der Waals surface area contributed by atoms with E-state index in [0.717, 1.165) is 10.4 Å². The zero-order valence-electron chi connectivity index (χ0n) is 9.18. The Morgan fingerprint density at radius 2 is 2.13 bits per heavy atom. The highest BCUT2D eigenvalue weighted by Crippen LogP contribution is 2.26. The summed E-state index contributed by atoms with van der Waals surface area (Å²) in [6.07, 6.45) is 5.16. The molecule has 0 aliphatic heterocycles. The van der Waals surface area contributed by atoms with E-state index >= 15 is 0 Å². The Morgan fingerprint density at radius 1 is 1.33 bits per heavy atom. The fourth-order valence-corrected chi connectivity index (χ4v) is 2.63. The molecule has 0 aliphatic rings. The van der Waals surface area contributed by atoms with E-state index in [9.17, 15) is 0 Å². The average molecular weight is 290 g/mol. The van der Waals surface area contributed by atoms with Gasteiger partial charge in [-0.3, -0.25) is 0 Å². The first-order chi connectivity index (χ1) is 7.27. The number of rotatable bonds is 6. The van der Waals surface area contributed by atoms with Crippen LogP contribution in [-0.4, -0.2) is 5.33 Å². The summed E-state index contributed by atoms with van der Waals surface area (Å²) < 4.78 is 0. The van der Waals surface area contributed by atoms with E-state index in [0.29, 0.717) is 5.92 Å². The molecule has 0 aromatic heterocycles. The summed E-state index contributed by atoms with van der Waals surface area (Å²) in [6.45, 7) is 2.24. The standard InChI is InChI=1S/C13H18BrCl/c1-2-3-4-6-12(10-14)11-7-5-8-13(15)9-11/h5,7-9,12H,2-4,6,10H2,1H3. The van der Waals surface area contributed by atoms with Gasteiger partial charge in [-0.25, -0.2) is 0 Å². The number of benzene rings is 1. The van der Waals surface area contributed by atoms with Crippen LogP contribution in [0.25, 0.3) is 0 Å². The van der Waals surface area contributed by atoms with Gasteiger partial charge in [-0.15, -0.1) is 0 Å². The van der Waals surface area contributed by atoms with E-state index in [1.165, 1.54) is 31.2 Å². The molecule has 1 aromatic carbocycles. The van der Waals surface area contributed by atoms with Gasteiger partial charge in [0.15, 0.2) is 0 Å². The number of alkyl halides is 1. The second-order valence-electron chi connectivity index (χ2n) is 3.90. The molecule has 0 saturated carbocycles. The molecule has 0 nitrogen and oxygen atoms in total. The van der Waals surface area contributed by atoms with Crippen LogP contribution in [0.4, 0.5) is 0 Å². The number of unbranched alkanes of at least 4 members (excludes halogenated alkanes) is 2. The molecular formula is C13H18BrCl. The normalized spacial score (nSPS) is 12.7. The van der Waals surface area contributed by atoms with Crippen LogP contribution in [0.3, 0.4) is 0 Å². The van der Waals surface area contributed by atoms with E-state index in [2.05, 4.69) is 35.0 Å². The molecule has 0 fully saturated rings. The summed E-state index contributed by atoms with van der Waals surface area (Å²) in [7, 11) is 0. The van der Waals surface area contributed by atoms with Crippen LogP contribution in [0.2, 0.25) is 5.02 Å². The fourth-order valence-electron chi connectivity index (χ4n) is 1.73. The van der Waals surface area contributed by atoms with Crippen molar-refractivity contribution in [1.29, 1.82) is 0 Å². The Morgan fingerprint density at radius 3 is 2.73 bits per heavy atom. The van der Waals surface area contributed by atoms with Crippen molar-refractivity contribution in [2.75, 3.05) is 5.33 Å². The van der Waals surface area contributed by atoms with E-state index in [1.807, 2.05) is 12.1 Å². The lowest BCUT2D eigenvalue weighted by Crippen LogP contribution is -2.00. The van der Waals surface area contributed by atoms with Crippen LogP contribution in [0.1, 0.15) is 44.1 Å². The lowest BCUT2D eigenvalue weighted by atomic mass is 9.95. The molecule has 0 spiro atoms. The summed E-state index contributed by atoms with van der Waals surface area (Å²) in [4.78, 5) is 0. The Hall–Kier alpha value is -0.0100. The van der Waals surface area contributed by atoms with Crippen LogP contribution in [0, 0.1) is 0 Å². The minimum atomic E-state index is 0.607. The van der Waals surface area contributed by atoms with Gasteiger partial charge in [-0.1, -0.05) is 65.8 Å². The first kappa shape index (κ1) is 13.1. The number of halogens is 2. The fraction of sp³-hybridized carbons (Fsp3) is 0.538. The van der Waals surface area contributed by atoms with Gasteiger partial charge in [0, 0.05) is 10.4 Å². The molecule has 1 unspecified atom stereocenters. The Kier molecular flexibility index (Phi) is 6.35. The van der Waals surface area contributed by atoms with Crippen molar-refractivity contribution in [3.8, 4) is 0 Å². The smallest absolute Gasteiger partial charge is 0.0408 e. The van der Waals surface area contributed by atoms with E-state index in [1.54, 1.807) is 0 Å². The van der Waals surface area contributed by atoms with Crippen LogP contribution in [0.15, 0.2) is 24.3 Å². The number of hydrogen-bond donors (Lipinski definition) is 0. The Balaban J connectivity index is 2.57. The molecule has 0 radical (unpaired) electrons. The maximum absolute atomic E-state index is 5.99. The molecule has 1 atom stereocenters. The highest BCUT2D eigenvalue weighted by Gasteiger charge is 2.09. The van der Waals surface area contributed by atoms with Gasteiger partial charge in [-0.05, 0) is 30.0 Å². The molecule has 0 amide bonds. The Labute approximate surface area is 106 Å². The third-order valence-corrected chi connectivity index (χ3v) is 3.68. The third kappa shape index (κ3) is 4.56. The largest absolute Gasteiger partial charge is 0.0921 e. The second kappa shape index (κ2) is 7.29. The topological polar surface area (TPSA) is 0 Å². The lowest BCUT2D eigenvalue weighted by molar-refractivity contribution is 0.605. The van der Waals surface area contributed by atoms with Crippen molar-refractivity contribution in [1.82, 2.24) is 0 Å². The van der Waals surface area contributed by atoms with Crippen molar-refractivity contribution >= 4 is 27.5 Å². The summed E-state index contributed by atoms with van der Waals surface area (Å²) in [5, 5.41) is 1.87. The van der Waals surface area contributed by atoms with Gasteiger partial charge in [0.1, 0.15) is 0 Å². The van der Waals surface area contributed by atoms with Gasteiger partial charge >= 0.3 is 0 Å². The molecule has 1 aromatic rings. The molecule has 0 N–H and O–H groups in total. The van der Waals surface area contributed by atoms with Crippen molar-refractivity contribution in [3.05, 3.63) is 34.9 Å². The summed E-state index contributed by atoms with van der Waals surface area (Å²) >= 11 is 9.58. The average Bonchev–Trinajstić information content (AvgIpc) is 2.24. The second-order valence-corrected chi connectivity index (χ2v) is 4.99. The van der Waals surface area contributed by atoms with Crippen molar-refractivity contribution in [3.63, 3.8) is 0 Å². The van der Waals surface area contributed by atoms with Crippen molar-refractivity contribution in [2.24, 2.45) is 0 Å². The van der Waals surface area contributed by atoms with Crippen molar-refractivity contribution < 1.29 is 0 Å². The van der Waals surface area contributed by atoms with E-state index in [-0.39, 0.29) is 0 Å². The van der Waals surface area contributed by atoms with Gasteiger partial charge in [0.2, 0.25) is 0 Å². The zero-order valence-corrected chi connectivity index (χ0v) is 11.5. The quantitative estimate of drug-likeness (QED) is 0.486. The molecule has 2 heteroatoms. The first-order valence-corrected chi connectivity index (χ1v) is 7.09. The number of hydrogen-bond acceptors (Lipinski definition) is 0. The molecule has 0 saturated heterocycles. The molecule has 0 heterocycles. The lowest BCUT2D eigenvalue weighted by Gasteiger charge is -2.14. The minimum absolute atomic E-state index is 0.607. The van der Waals surface area contributed by atoms with Crippen LogP contribution < -0.4 is 0 Å². The zero-order chi connectivity index (χ0) is 11.1. The first-order valence-electron chi connectivity index (χ1n) is 5.59. The van der Waals surface area contributed by atoms with Crippen LogP contribution in [0.5, 0.6) is 0 Å². The van der Waals surface area contributed by atoms with Crippen LogP contribution in [-0.2, 0) is 0 Å².